The highest BCUT2D eigenvalue weighted by Crippen LogP contribution is 2.41. The Balaban J connectivity index is 3.38. The second-order valence-corrected chi connectivity index (χ2v) is 25.2. The van der Waals surface area contributed by atoms with Gasteiger partial charge < -0.3 is 28.2 Å². The molecule has 8 atom stereocenters. The quantitative estimate of drug-likeness (QED) is 0.0896. The van der Waals surface area contributed by atoms with Gasteiger partial charge in [-0.3, -0.25) is 4.79 Å². The number of Topliss-reactive ketones (excluding diaryl/α,β-unsaturated/α-hetero) is 1. The van der Waals surface area contributed by atoms with Crippen molar-refractivity contribution in [2.45, 2.75) is 156 Å². The number of benzene rings is 1. The van der Waals surface area contributed by atoms with Gasteiger partial charge in [-0.1, -0.05) is 94.4 Å². The Morgan fingerprint density at radius 2 is 1.42 bits per heavy atom. The van der Waals surface area contributed by atoms with Crippen LogP contribution in [0.3, 0.4) is 0 Å². The molecule has 0 saturated carbocycles. The Bertz CT molecular complexity index is 1070. The highest BCUT2D eigenvalue weighted by molar-refractivity contribution is 6.74. The molecule has 9 heteroatoms. The van der Waals surface area contributed by atoms with Crippen molar-refractivity contribution in [3.05, 3.63) is 42.5 Å². The minimum atomic E-state index is -2.32. The zero-order valence-corrected chi connectivity index (χ0v) is 35.2. The number of hydrogen-bond acceptors (Lipinski definition) is 7. The highest BCUT2D eigenvalue weighted by Gasteiger charge is 2.47. The average molecular weight is 709 g/mol. The van der Waals surface area contributed by atoms with Crippen LogP contribution in [0, 0.1) is 23.7 Å². The Morgan fingerprint density at radius 3 is 1.83 bits per heavy atom. The van der Waals surface area contributed by atoms with Gasteiger partial charge in [0.15, 0.2) is 16.6 Å². The average Bonchev–Trinajstić information content (AvgIpc) is 3.04. The second-order valence-electron chi connectivity index (χ2n) is 15.7. The summed E-state index contributed by atoms with van der Waals surface area (Å²) in [4.78, 5) is 14.2. The summed E-state index contributed by atoms with van der Waals surface area (Å²) in [6, 6.07) is 10.8. The van der Waals surface area contributed by atoms with E-state index < -0.39 is 34.8 Å². The van der Waals surface area contributed by atoms with Gasteiger partial charge in [0.2, 0.25) is 0 Å². The maximum Gasteiger partial charge on any atom is 0.192 e. The van der Waals surface area contributed by atoms with Gasteiger partial charge in [0.05, 0.1) is 38.1 Å². The molecule has 0 unspecified atom stereocenters. The lowest BCUT2D eigenvalue weighted by molar-refractivity contribution is -0.132. The first kappa shape index (κ1) is 44.7. The predicted octanol–water partition coefficient (Wildman–Crippen LogP) is 9.45. The standard InChI is InChI=1S/C39H72O7Si2/c1-17-35(43-14)38(46-48(18-2,19-3)20-4)30(9)37(45-47(15,16)39(10,11)12)29(8)34(41)25-33(40)28(7)36(27(5)6)44-26-31-21-23-32(42-13)24-22-31/h17,21-24,27-30,33,35-38,40H,1,18-20,25-26H2,2-16H3/t28-,29+,30-,33-,35-,36+,37-,38+/m0/s1. The summed E-state index contributed by atoms with van der Waals surface area (Å²) in [6.45, 7) is 32.6. The number of methoxy groups -OCH3 is 2. The molecule has 0 spiro atoms. The molecule has 1 rings (SSSR count). The summed E-state index contributed by atoms with van der Waals surface area (Å²) in [5, 5.41) is 11.5. The van der Waals surface area contributed by atoms with Crippen LogP contribution in [0.1, 0.15) is 88.1 Å². The first-order valence-electron chi connectivity index (χ1n) is 18.2. The van der Waals surface area contributed by atoms with E-state index in [4.69, 9.17) is 23.1 Å². The summed E-state index contributed by atoms with van der Waals surface area (Å²) in [7, 11) is -1.04. The third kappa shape index (κ3) is 12.2. The smallest absolute Gasteiger partial charge is 0.192 e. The van der Waals surface area contributed by atoms with E-state index in [2.05, 4.69) is 82.0 Å². The van der Waals surface area contributed by atoms with Gasteiger partial charge in [-0.25, -0.2) is 0 Å². The van der Waals surface area contributed by atoms with Crippen LogP contribution in [-0.4, -0.2) is 72.3 Å². The first-order valence-corrected chi connectivity index (χ1v) is 23.7. The van der Waals surface area contributed by atoms with Crippen LogP contribution < -0.4 is 4.74 Å². The van der Waals surface area contributed by atoms with E-state index in [1.807, 2.05) is 44.2 Å². The molecule has 0 heterocycles. The maximum absolute atomic E-state index is 14.2. The van der Waals surface area contributed by atoms with Gasteiger partial charge in [-0.05, 0) is 59.9 Å². The largest absolute Gasteiger partial charge is 0.497 e. The zero-order valence-electron chi connectivity index (χ0n) is 33.2. The first-order chi connectivity index (χ1) is 22.3. The number of hydrogen-bond donors (Lipinski definition) is 1. The molecule has 0 fully saturated rings. The predicted molar refractivity (Wildman–Crippen MR) is 205 cm³/mol. The zero-order chi connectivity index (χ0) is 37.0. The van der Waals surface area contributed by atoms with Crippen LogP contribution in [0.2, 0.25) is 36.3 Å². The van der Waals surface area contributed by atoms with Gasteiger partial charge in [0.25, 0.3) is 0 Å². The van der Waals surface area contributed by atoms with E-state index in [1.165, 1.54) is 0 Å². The molecule has 0 saturated heterocycles. The van der Waals surface area contributed by atoms with E-state index in [1.54, 1.807) is 14.2 Å². The summed E-state index contributed by atoms with van der Waals surface area (Å²) < 4.78 is 31.9. The van der Waals surface area contributed by atoms with E-state index >= 15 is 0 Å². The van der Waals surface area contributed by atoms with Crippen LogP contribution in [-0.2, 0) is 29.7 Å². The highest BCUT2D eigenvalue weighted by atomic mass is 28.4. The lowest BCUT2D eigenvalue weighted by Crippen LogP contribution is -2.55. The molecule has 7 nitrogen and oxygen atoms in total. The number of aliphatic hydroxyl groups excluding tert-OH is 1. The Hall–Kier alpha value is -1.34. The van der Waals surface area contributed by atoms with E-state index in [0.717, 1.165) is 29.4 Å². The maximum atomic E-state index is 14.2. The molecule has 0 aromatic heterocycles. The third-order valence-electron chi connectivity index (χ3n) is 11.2. The summed E-state index contributed by atoms with van der Waals surface area (Å²) in [5.41, 5.74) is 1.03. The second kappa shape index (κ2) is 19.9. The fourth-order valence-corrected chi connectivity index (χ4v) is 10.7. The van der Waals surface area contributed by atoms with Crippen LogP contribution in [0.25, 0.3) is 0 Å². The molecule has 1 aromatic rings. The summed E-state index contributed by atoms with van der Waals surface area (Å²) >= 11 is 0. The molecule has 0 aliphatic heterocycles. The minimum absolute atomic E-state index is 0.0149. The van der Waals surface area contributed by atoms with Crippen LogP contribution in [0.15, 0.2) is 36.9 Å². The van der Waals surface area contributed by atoms with Crippen molar-refractivity contribution in [3.8, 4) is 5.75 Å². The number of ketones is 1. The topological polar surface area (TPSA) is 83.5 Å². The fourth-order valence-electron chi connectivity index (χ4n) is 6.34. The Morgan fingerprint density at radius 1 is 0.875 bits per heavy atom. The third-order valence-corrected chi connectivity index (χ3v) is 20.3. The fraction of sp³-hybridized carbons (Fsp3) is 0.769. The van der Waals surface area contributed by atoms with Crippen LogP contribution in [0.4, 0.5) is 0 Å². The van der Waals surface area contributed by atoms with Gasteiger partial charge >= 0.3 is 0 Å². The van der Waals surface area contributed by atoms with Gasteiger partial charge in [-0.2, -0.15) is 0 Å². The van der Waals surface area contributed by atoms with E-state index in [0.29, 0.717) is 6.61 Å². The lowest BCUT2D eigenvalue weighted by Gasteiger charge is -2.46. The Labute approximate surface area is 296 Å². The van der Waals surface area contributed by atoms with Crippen molar-refractivity contribution in [2.75, 3.05) is 14.2 Å². The van der Waals surface area contributed by atoms with Gasteiger partial charge in [-0.15, -0.1) is 6.58 Å². The Kier molecular flexibility index (Phi) is 18.5. The van der Waals surface area contributed by atoms with Crippen molar-refractivity contribution < 1.29 is 33.0 Å². The number of aliphatic hydroxyl groups is 1. The molecular formula is C39H72O7Si2. The molecule has 1 aromatic carbocycles. The van der Waals surface area contributed by atoms with Gasteiger partial charge in [0, 0.05) is 31.3 Å². The van der Waals surface area contributed by atoms with E-state index in [9.17, 15) is 9.90 Å². The monoisotopic (exact) mass is 708 g/mol. The van der Waals surface area contributed by atoms with Crippen molar-refractivity contribution in [2.24, 2.45) is 23.7 Å². The van der Waals surface area contributed by atoms with E-state index in [-0.39, 0.29) is 53.3 Å². The van der Waals surface area contributed by atoms with Crippen molar-refractivity contribution in [3.63, 3.8) is 0 Å². The van der Waals surface area contributed by atoms with Crippen LogP contribution in [0.5, 0.6) is 5.75 Å². The van der Waals surface area contributed by atoms with Crippen molar-refractivity contribution in [1.82, 2.24) is 0 Å². The normalized spacial score (nSPS) is 18.0. The molecule has 278 valence electrons. The molecule has 0 bridgehead atoms. The number of carbonyl (C=O) groups is 1. The number of rotatable bonds is 23. The SMILES string of the molecule is C=C[C@H](OC)[C@H](O[Si](CC)(CC)CC)[C@@H](C)[C@@H](O[Si](C)(C)C(C)(C)C)[C@H](C)C(=O)C[C@H](O)[C@H](C)[C@H](OCc1ccc(OC)cc1)C(C)C. The van der Waals surface area contributed by atoms with Crippen molar-refractivity contribution in [1.29, 1.82) is 0 Å². The minimum Gasteiger partial charge on any atom is -0.497 e. The van der Waals surface area contributed by atoms with Crippen molar-refractivity contribution >= 4 is 22.4 Å². The molecule has 48 heavy (non-hydrogen) atoms. The molecule has 0 amide bonds. The van der Waals surface area contributed by atoms with Gasteiger partial charge in [0.1, 0.15) is 17.6 Å². The molecule has 0 radical (unpaired) electrons. The molecule has 0 aliphatic rings. The summed E-state index contributed by atoms with van der Waals surface area (Å²) in [5.74, 6) is 0.0447. The number of ether oxygens (including phenoxy) is 3. The molecule has 1 N–H and O–H groups in total. The van der Waals surface area contributed by atoms with Crippen LogP contribution >= 0.6 is 0 Å². The summed E-state index contributed by atoms with van der Waals surface area (Å²) in [6.07, 6.45) is -0.326. The molecule has 0 aliphatic carbocycles. The molecular weight excluding hydrogens is 637 g/mol. The number of carbonyl (C=O) groups excluding carboxylic acids is 1. The lowest BCUT2D eigenvalue weighted by atomic mass is 9.81.